The average Bonchev–Trinajstić information content (AvgIpc) is 3.26. The largest absolute Gasteiger partial charge is 0.457 e. The fourth-order valence-corrected chi connectivity index (χ4v) is 3.65. The number of ether oxygens (including phenoxy) is 1. The summed E-state index contributed by atoms with van der Waals surface area (Å²) in [5.41, 5.74) is 0.972. The van der Waals surface area contributed by atoms with Crippen LogP contribution < -0.4 is 15.4 Å². The first-order valence-electron chi connectivity index (χ1n) is 10.7. The maximum atomic E-state index is 12.7. The predicted molar refractivity (Wildman–Crippen MR) is 120 cm³/mol. The number of amides is 3. The monoisotopic (exact) mass is 434 g/mol. The van der Waals surface area contributed by atoms with Crippen molar-refractivity contribution in [3.8, 4) is 11.5 Å². The van der Waals surface area contributed by atoms with Crippen molar-refractivity contribution in [2.75, 3.05) is 25.0 Å². The Labute approximate surface area is 186 Å². The van der Waals surface area contributed by atoms with Gasteiger partial charge >= 0.3 is 6.03 Å². The molecule has 4 rings (SSSR count). The third-order valence-corrected chi connectivity index (χ3v) is 5.30. The van der Waals surface area contributed by atoms with Gasteiger partial charge in [0.1, 0.15) is 17.3 Å². The van der Waals surface area contributed by atoms with Crippen LogP contribution in [0.5, 0.6) is 11.5 Å². The molecule has 0 saturated carbocycles. The zero-order valence-electron chi connectivity index (χ0n) is 17.9. The Bertz CT molecular complexity index is 1050. The molecular weight excluding hydrogens is 408 g/mol. The first-order chi connectivity index (χ1) is 15.6. The van der Waals surface area contributed by atoms with Crippen molar-refractivity contribution < 1.29 is 18.8 Å². The minimum absolute atomic E-state index is 0.148. The van der Waals surface area contributed by atoms with E-state index in [1.54, 1.807) is 17.9 Å². The second kappa shape index (κ2) is 10.00. The van der Waals surface area contributed by atoms with Crippen LogP contribution in [-0.2, 0) is 0 Å². The van der Waals surface area contributed by atoms with Crippen molar-refractivity contribution in [1.82, 2.24) is 15.4 Å². The molecule has 8 heteroatoms. The summed E-state index contributed by atoms with van der Waals surface area (Å²) in [6.45, 7) is 3.50. The molecule has 1 aliphatic heterocycles. The number of likely N-dealkylation sites (tertiary alicyclic amines) is 1. The van der Waals surface area contributed by atoms with Crippen molar-refractivity contribution in [2.45, 2.75) is 19.8 Å². The maximum absolute atomic E-state index is 12.7. The van der Waals surface area contributed by atoms with Gasteiger partial charge in [-0.25, -0.2) is 4.79 Å². The average molecular weight is 434 g/mol. The molecule has 8 nitrogen and oxygen atoms in total. The lowest BCUT2D eigenvalue weighted by Crippen LogP contribution is -2.45. The highest BCUT2D eigenvalue weighted by atomic mass is 16.5. The number of urea groups is 1. The summed E-state index contributed by atoms with van der Waals surface area (Å²) in [5, 5.41) is 9.55. The minimum atomic E-state index is -0.263. The fraction of sp³-hybridized carbons (Fsp3) is 0.292. The van der Waals surface area contributed by atoms with E-state index in [4.69, 9.17) is 9.26 Å². The summed E-state index contributed by atoms with van der Waals surface area (Å²) < 4.78 is 10.7. The quantitative estimate of drug-likeness (QED) is 0.598. The zero-order valence-corrected chi connectivity index (χ0v) is 17.9. The van der Waals surface area contributed by atoms with Gasteiger partial charge in [-0.05, 0) is 62.1 Å². The smallest absolute Gasteiger partial charge is 0.321 e. The van der Waals surface area contributed by atoms with Crippen LogP contribution in [0.4, 0.5) is 10.5 Å². The Kier molecular flexibility index (Phi) is 6.69. The number of nitrogens with zero attached hydrogens (tertiary/aromatic N) is 2. The molecule has 1 unspecified atom stereocenters. The molecule has 166 valence electrons. The number of anilines is 1. The van der Waals surface area contributed by atoms with Gasteiger partial charge in [-0.15, -0.1) is 0 Å². The highest BCUT2D eigenvalue weighted by Gasteiger charge is 2.24. The molecule has 3 aromatic rings. The van der Waals surface area contributed by atoms with E-state index in [9.17, 15) is 9.59 Å². The summed E-state index contributed by atoms with van der Waals surface area (Å²) in [5.74, 6) is 1.98. The van der Waals surface area contributed by atoms with Crippen LogP contribution in [0.25, 0.3) is 0 Å². The van der Waals surface area contributed by atoms with Crippen molar-refractivity contribution in [3.05, 3.63) is 72.1 Å². The van der Waals surface area contributed by atoms with Crippen LogP contribution in [0.3, 0.4) is 0 Å². The van der Waals surface area contributed by atoms with Gasteiger partial charge in [0.05, 0.1) is 0 Å². The molecule has 2 heterocycles. The van der Waals surface area contributed by atoms with E-state index in [0.717, 1.165) is 18.6 Å². The first-order valence-corrected chi connectivity index (χ1v) is 10.7. The molecule has 0 aliphatic carbocycles. The Morgan fingerprint density at radius 3 is 2.59 bits per heavy atom. The highest BCUT2D eigenvalue weighted by molar-refractivity contribution is 5.92. The molecule has 2 N–H and O–H groups in total. The van der Waals surface area contributed by atoms with Crippen LogP contribution in [0.2, 0.25) is 0 Å². The molecule has 32 heavy (non-hydrogen) atoms. The lowest BCUT2D eigenvalue weighted by molar-refractivity contribution is 0.0929. The van der Waals surface area contributed by atoms with E-state index in [2.05, 4.69) is 15.8 Å². The van der Waals surface area contributed by atoms with Crippen molar-refractivity contribution in [2.24, 2.45) is 5.92 Å². The second-order valence-corrected chi connectivity index (χ2v) is 7.86. The highest BCUT2D eigenvalue weighted by Crippen LogP contribution is 2.23. The van der Waals surface area contributed by atoms with Crippen molar-refractivity contribution in [1.29, 1.82) is 0 Å². The number of rotatable bonds is 6. The normalized spacial score (nSPS) is 15.8. The third-order valence-electron chi connectivity index (χ3n) is 5.30. The number of nitrogens with one attached hydrogen (secondary N) is 2. The zero-order chi connectivity index (χ0) is 22.3. The molecule has 1 aromatic heterocycles. The third kappa shape index (κ3) is 5.66. The van der Waals surface area contributed by atoms with Gasteiger partial charge in [0.2, 0.25) is 0 Å². The summed E-state index contributed by atoms with van der Waals surface area (Å²) in [4.78, 5) is 26.7. The van der Waals surface area contributed by atoms with E-state index < -0.39 is 0 Å². The van der Waals surface area contributed by atoms with Gasteiger partial charge in [-0.1, -0.05) is 23.4 Å². The summed E-state index contributed by atoms with van der Waals surface area (Å²) in [6, 6.07) is 18.3. The topological polar surface area (TPSA) is 96.7 Å². The van der Waals surface area contributed by atoms with Gasteiger partial charge in [-0.2, -0.15) is 0 Å². The molecule has 2 aromatic carbocycles. The van der Waals surface area contributed by atoms with E-state index in [1.807, 2.05) is 54.6 Å². The van der Waals surface area contributed by atoms with E-state index in [1.165, 1.54) is 0 Å². The number of hydrogen-bond acceptors (Lipinski definition) is 5. The molecule has 1 saturated heterocycles. The standard InChI is InChI=1S/C24H26N4O4/c1-17-14-22(27-32-17)23(29)25-15-18-6-5-13-28(16-18)24(30)26-19-9-11-21(12-10-19)31-20-7-3-2-4-8-20/h2-4,7-12,14,18H,5-6,13,15-16H2,1H3,(H,25,29)(H,26,30). The number of aryl methyl sites for hydroxylation is 1. The van der Waals surface area contributed by atoms with Crippen LogP contribution in [-0.4, -0.2) is 41.6 Å². The molecule has 3 amide bonds. The van der Waals surface area contributed by atoms with Crippen LogP contribution in [0, 0.1) is 12.8 Å². The number of benzene rings is 2. The Morgan fingerprint density at radius 1 is 1.12 bits per heavy atom. The second-order valence-electron chi connectivity index (χ2n) is 7.86. The van der Waals surface area contributed by atoms with Gasteiger partial charge in [0.15, 0.2) is 5.69 Å². The van der Waals surface area contributed by atoms with Gasteiger partial charge in [0, 0.05) is 31.4 Å². The maximum Gasteiger partial charge on any atom is 0.321 e. The minimum Gasteiger partial charge on any atom is -0.457 e. The molecule has 1 fully saturated rings. The molecule has 1 aliphatic rings. The van der Waals surface area contributed by atoms with E-state index >= 15 is 0 Å². The lowest BCUT2D eigenvalue weighted by atomic mass is 9.98. The predicted octanol–water partition coefficient (Wildman–Crippen LogP) is 4.45. The number of carbonyl (C=O) groups is 2. The van der Waals surface area contributed by atoms with Crippen molar-refractivity contribution in [3.63, 3.8) is 0 Å². The Hall–Kier alpha value is -3.81. The molecular formula is C24H26N4O4. The summed E-state index contributed by atoms with van der Waals surface area (Å²) in [7, 11) is 0. The Balaban J connectivity index is 1.26. The Morgan fingerprint density at radius 2 is 1.88 bits per heavy atom. The van der Waals surface area contributed by atoms with Crippen LogP contribution >= 0.6 is 0 Å². The number of piperidine rings is 1. The molecule has 0 bridgehead atoms. The number of aromatic nitrogens is 1. The fourth-order valence-electron chi connectivity index (χ4n) is 3.65. The number of hydrogen-bond donors (Lipinski definition) is 2. The van der Waals surface area contributed by atoms with Gasteiger partial charge in [0.25, 0.3) is 5.91 Å². The van der Waals surface area contributed by atoms with Gasteiger partial charge in [-0.3, -0.25) is 4.79 Å². The van der Waals surface area contributed by atoms with Crippen LogP contribution in [0.1, 0.15) is 29.1 Å². The number of para-hydroxylation sites is 1. The van der Waals surface area contributed by atoms with E-state index in [-0.39, 0.29) is 23.6 Å². The molecule has 0 radical (unpaired) electrons. The van der Waals surface area contributed by atoms with Crippen molar-refractivity contribution >= 4 is 17.6 Å². The first kappa shape index (κ1) is 21.4. The molecule has 1 atom stereocenters. The van der Waals surface area contributed by atoms with Crippen LogP contribution in [0.15, 0.2) is 65.2 Å². The SMILES string of the molecule is Cc1cc(C(=O)NCC2CCCN(C(=O)Nc3ccc(Oc4ccccc4)cc3)C2)no1. The van der Waals surface area contributed by atoms with E-state index in [0.29, 0.717) is 36.8 Å². The summed E-state index contributed by atoms with van der Waals surface area (Å²) in [6.07, 6.45) is 1.84. The van der Waals surface area contributed by atoms with Gasteiger partial charge < -0.3 is 24.8 Å². The lowest BCUT2D eigenvalue weighted by Gasteiger charge is -2.32. The molecule has 0 spiro atoms. The summed E-state index contributed by atoms with van der Waals surface area (Å²) >= 11 is 0. The number of carbonyl (C=O) groups excluding carboxylic acids is 2.